The van der Waals surface area contributed by atoms with Gasteiger partial charge in [-0.15, -0.1) is 0 Å². The van der Waals surface area contributed by atoms with Gasteiger partial charge in [0.15, 0.2) is 0 Å². The van der Waals surface area contributed by atoms with E-state index in [1.54, 1.807) is 13.8 Å². The molecule has 1 aromatic carbocycles. The number of benzene rings is 1. The SMILES string of the molecule is CC(C)(COc1ccccc1C(F)(F)F)NC(=O)[C@@H]1C2CNC[C@H]21. The second-order valence-electron chi connectivity index (χ2n) is 7.17. The Labute approximate surface area is 138 Å². The van der Waals surface area contributed by atoms with E-state index in [1.165, 1.54) is 18.2 Å². The van der Waals surface area contributed by atoms with Gasteiger partial charge in [0.25, 0.3) is 0 Å². The van der Waals surface area contributed by atoms with Gasteiger partial charge in [0, 0.05) is 5.92 Å². The molecule has 1 heterocycles. The molecule has 0 aromatic heterocycles. The third kappa shape index (κ3) is 3.50. The lowest BCUT2D eigenvalue weighted by Gasteiger charge is -2.27. The molecule has 1 saturated heterocycles. The lowest BCUT2D eigenvalue weighted by Crippen LogP contribution is -2.49. The van der Waals surface area contributed by atoms with Gasteiger partial charge in [0.1, 0.15) is 12.4 Å². The second kappa shape index (κ2) is 5.95. The Hall–Kier alpha value is -1.76. The maximum absolute atomic E-state index is 13.0. The minimum atomic E-state index is -4.47. The standard InChI is InChI=1S/C17H21F3N2O2/c1-16(2,22-15(23)14-10-7-21-8-11(10)14)9-24-13-6-4-3-5-12(13)17(18,19)20/h3-6,10-11,14,21H,7-9H2,1-2H3,(H,22,23)/t10-,11?,14+/m1/s1. The number of alkyl halides is 3. The van der Waals surface area contributed by atoms with E-state index in [1.807, 2.05) is 0 Å². The van der Waals surface area contributed by atoms with Gasteiger partial charge in [-0.25, -0.2) is 0 Å². The zero-order valence-corrected chi connectivity index (χ0v) is 13.6. The average molecular weight is 342 g/mol. The molecule has 0 radical (unpaired) electrons. The van der Waals surface area contributed by atoms with Crippen LogP contribution in [0.2, 0.25) is 0 Å². The van der Waals surface area contributed by atoms with Crippen LogP contribution in [0, 0.1) is 17.8 Å². The highest BCUT2D eigenvalue weighted by Gasteiger charge is 2.57. The van der Waals surface area contributed by atoms with Gasteiger partial charge in [0.2, 0.25) is 5.91 Å². The molecule has 1 aliphatic carbocycles. The first-order valence-electron chi connectivity index (χ1n) is 8.01. The normalized spacial score (nSPS) is 26.0. The summed E-state index contributed by atoms with van der Waals surface area (Å²) in [4.78, 5) is 12.3. The van der Waals surface area contributed by atoms with Crippen molar-refractivity contribution in [2.75, 3.05) is 19.7 Å². The van der Waals surface area contributed by atoms with Crippen molar-refractivity contribution in [3.8, 4) is 5.75 Å². The molecule has 1 unspecified atom stereocenters. The summed E-state index contributed by atoms with van der Waals surface area (Å²) in [6, 6.07) is 5.09. The molecule has 1 amide bonds. The Morgan fingerprint density at radius 1 is 1.25 bits per heavy atom. The molecular formula is C17H21F3N2O2. The fourth-order valence-electron chi connectivity index (χ4n) is 3.35. The maximum Gasteiger partial charge on any atom is 0.419 e. The third-order valence-corrected chi connectivity index (χ3v) is 4.64. The van der Waals surface area contributed by atoms with Crippen LogP contribution in [0.15, 0.2) is 24.3 Å². The van der Waals surface area contributed by atoms with Crippen molar-refractivity contribution in [2.45, 2.75) is 25.6 Å². The molecule has 3 atom stereocenters. The number of para-hydroxylation sites is 1. The number of hydrogen-bond donors (Lipinski definition) is 2. The number of amides is 1. The van der Waals surface area contributed by atoms with E-state index in [9.17, 15) is 18.0 Å². The average Bonchev–Trinajstić information content (AvgIpc) is 2.98. The third-order valence-electron chi connectivity index (χ3n) is 4.64. The number of rotatable bonds is 5. The summed E-state index contributed by atoms with van der Waals surface area (Å²) in [5.41, 5.74) is -1.56. The molecule has 1 aliphatic heterocycles. The number of piperidine rings is 1. The molecule has 2 N–H and O–H groups in total. The van der Waals surface area contributed by atoms with Crippen LogP contribution >= 0.6 is 0 Å². The molecule has 2 fully saturated rings. The van der Waals surface area contributed by atoms with Gasteiger partial charge in [-0.1, -0.05) is 12.1 Å². The molecule has 4 nitrogen and oxygen atoms in total. The molecule has 0 bridgehead atoms. The Balaban J connectivity index is 1.58. The molecule has 2 aliphatic rings. The van der Waals surface area contributed by atoms with Gasteiger partial charge < -0.3 is 15.4 Å². The van der Waals surface area contributed by atoms with E-state index in [-0.39, 0.29) is 24.2 Å². The van der Waals surface area contributed by atoms with Crippen molar-refractivity contribution in [3.05, 3.63) is 29.8 Å². The van der Waals surface area contributed by atoms with Crippen molar-refractivity contribution < 1.29 is 22.7 Å². The summed E-state index contributed by atoms with van der Waals surface area (Å²) < 4.78 is 44.3. The van der Waals surface area contributed by atoms with Crippen molar-refractivity contribution in [3.63, 3.8) is 0 Å². The highest BCUT2D eigenvalue weighted by molar-refractivity contribution is 5.83. The molecule has 132 valence electrons. The summed E-state index contributed by atoms with van der Waals surface area (Å²) >= 11 is 0. The molecule has 0 spiro atoms. The predicted molar refractivity (Wildman–Crippen MR) is 82.5 cm³/mol. The molecule has 24 heavy (non-hydrogen) atoms. The van der Waals surface area contributed by atoms with Crippen molar-refractivity contribution in [1.29, 1.82) is 0 Å². The van der Waals surface area contributed by atoms with Crippen LogP contribution < -0.4 is 15.4 Å². The largest absolute Gasteiger partial charge is 0.491 e. The van der Waals surface area contributed by atoms with Gasteiger partial charge in [0.05, 0.1) is 11.1 Å². The summed E-state index contributed by atoms with van der Waals surface area (Å²) in [6.07, 6.45) is -4.47. The van der Waals surface area contributed by atoms with Crippen LogP contribution in [0.5, 0.6) is 5.75 Å². The minimum Gasteiger partial charge on any atom is -0.491 e. The number of hydrogen-bond acceptors (Lipinski definition) is 3. The van der Waals surface area contributed by atoms with E-state index in [0.717, 1.165) is 19.2 Å². The Kier molecular flexibility index (Phi) is 4.23. The number of halogens is 3. The monoisotopic (exact) mass is 342 g/mol. The first kappa shape index (κ1) is 17.1. The van der Waals surface area contributed by atoms with E-state index in [4.69, 9.17) is 4.74 Å². The molecule has 1 aromatic rings. The molecule has 3 rings (SSSR count). The topological polar surface area (TPSA) is 50.4 Å². The number of ether oxygens (including phenoxy) is 1. The summed E-state index contributed by atoms with van der Waals surface area (Å²) in [7, 11) is 0. The predicted octanol–water partition coefficient (Wildman–Crippen LogP) is 2.44. The Morgan fingerprint density at radius 3 is 2.50 bits per heavy atom. The van der Waals surface area contributed by atoms with Crippen molar-refractivity contribution >= 4 is 5.91 Å². The Bertz CT molecular complexity index is 621. The number of nitrogens with one attached hydrogen (secondary N) is 2. The van der Waals surface area contributed by atoms with E-state index in [0.29, 0.717) is 11.8 Å². The summed E-state index contributed by atoms with van der Waals surface area (Å²) in [6.45, 7) is 5.18. The first-order valence-corrected chi connectivity index (χ1v) is 8.01. The van der Waals surface area contributed by atoms with Crippen LogP contribution in [-0.2, 0) is 11.0 Å². The van der Waals surface area contributed by atoms with Gasteiger partial charge in [-0.3, -0.25) is 4.79 Å². The van der Waals surface area contributed by atoms with Gasteiger partial charge in [-0.2, -0.15) is 13.2 Å². The van der Waals surface area contributed by atoms with Gasteiger partial charge >= 0.3 is 6.18 Å². The smallest absolute Gasteiger partial charge is 0.419 e. The number of carbonyl (C=O) groups is 1. The number of fused-ring (bicyclic) bond motifs is 1. The van der Waals surface area contributed by atoms with Crippen LogP contribution in [0.4, 0.5) is 13.2 Å². The zero-order chi connectivity index (χ0) is 17.5. The molecular weight excluding hydrogens is 321 g/mol. The lowest BCUT2D eigenvalue weighted by molar-refractivity contribution is -0.139. The highest BCUT2D eigenvalue weighted by Crippen LogP contribution is 2.48. The van der Waals surface area contributed by atoms with Crippen LogP contribution in [0.25, 0.3) is 0 Å². The summed E-state index contributed by atoms with van der Waals surface area (Å²) in [5.74, 6) is 0.553. The van der Waals surface area contributed by atoms with Crippen LogP contribution in [0.3, 0.4) is 0 Å². The Morgan fingerprint density at radius 2 is 1.88 bits per heavy atom. The van der Waals surface area contributed by atoms with Crippen molar-refractivity contribution in [2.24, 2.45) is 17.8 Å². The van der Waals surface area contributed by atoms with Gasteiger partial charge in [-0.05, 0) is 50.9 Å². The van der Waals surface area contributed by atoms with E-state index >= 15 is 0 Å². The second-order valence-corrected chi connectivity index (χ2v) is 7.17. The fraction of sp³-hybridized carbons (Fsp3) is 0.588. The van der Waals surface area contributed by atoms with Crippen molar-refractivity contribution in [1.82, 2.24) is 10.6 Å². The minimum absolute atomic E-state index is 0.0213. The quantitative estimate of drug-likeness (QED) is 0.864. The number of carbonyl (C=O) groups excluding carboxylic acids is 1. The highest BCUT2D eigenvalue weighted by atomic mass is 19.4. The maximum atomic E-state index is 13.0. The lowest BCUT2D eigenvalue weighted by atomic mass is 10.1. The zero-order valence-electron chi connectivity index (χ0n) is 13.6. The van der Waals surface area contributed by atoms with E-state index < -0.39 is 17.3 Å². The molecule has 7 heteroatoms. The first-order chi connectivity index (χ1) is 11.2. The van der Waals surface area contributed by atoms with Crippen LogP contribution in [-0.4, -0.2) is 31.1 Å². The summed E-state index contributed by atoms with van der Waals surface area (Å²) in [5, 5.41) is 6.13. The fourth-order valence-corrected chi connectivity index (χ4v) is 3.35. The van der Waals surface area contributed by atoms with E-state index in [2.05, 4.69) is 10.6 Å². The van der Waals surface area contributed by atoms with Crippen LogP contribution in [0.1, 0.15) is 19.4 Å². The molecule has 1 saturated carbocycles.